The van der Waals surface area contributed by atoms with E-state index >= 15 is 0 Å². The molecule has 2 amide bonds. The van der Waals surface area contributed by atoms with Crippen LogP contribution >= 0.6 is 11.6 Å². The Kier molecular flexibility index (Phi) is 6.35. The number of hydrogen-bond donors (Lipinski definition) is 2. The maximum atomic E-state index is 12.0. The number of amides is 2. The number of likely N-dealkylation sites (N-methyl/N-ethyl adjacent to an activating group) is 1. The van der Waals surface area contributed by atoms with Crippen molar-refractivity contribution < 1.29 is 9.59 Å². The summed E-state index contributed by atoms with van der Waals surface area (Å²) < 4.78 is 0. The van der Waals surface area contributed by atoms with E-state index < -0.39 is 0 Å². The summed E-state index contributed by atoms with van der Waals surface area (Å²) in [4.78, 5) is 25.4. The highest BCUT2D eigenvalue weighted by Crippen LogP contribution is 2.13. The van der Waals surface area contributed by atoms with E-state index in [-0.39, 0.29) is 18.4 Å². The first-order chi connectivity index (χ1) is 11.5. The van der Waals surface area contributed by atoms with Gasteiger partial charge < -0.3 is 10.6 Å². The lowest BCUT2D eigenvalue weighted by Crippen LogP contribution is -2.29. The molecule has 126 valence electrons. The molecular formula is C18H20ClN3O2. The molecule has 0 aromatic heterocycles. The first kappa shape index (κ1) is 18.0. The van der Waals surface area contributed by atoms with Gasteiger partial charge in [0.1, 0.15) is 0 Å². The molecule has 0 unspecified atom stereocenters. The molecule has 0 radical (unpaired) electrons. The van der Waals surface area contributed by atoms with Gasteiger partial charge in [-0.3, -0.25) is 14.5 Å². The van der Waals surface area contributed by atoms with Crippen molar-refractivity contribution in [2.75, 3.05) is 26.0 Å². The number of hydrogen-bond acceptors (Lipinski definition) is 3. The van der Waals surface area contributed by atoms with Crippen molar-refractivity contribution >= 4 is 29.1 Å². The molecule has 0 aliphatic rings. The topological polar surface area (TPSA) is 61.4 Å². The molecule has 0 atom stereocenters. The quantitative estimate of drug-likeness (QED) is 0.846. The fourth-order valence-electron chi connectivity index (χ4n) is 2.25. The summed E-state index contributed by atoms with van der Waals surface area (Å²) in [6.45, 7) is 0.877. The molecule has 0 bridgehead atoms. The van der Waals surface area contributed by atoms with Crippen LogP contribution in [0.1, 0.15) is 15.9 Å². The zero-order valence-corrected chi connectivity index (χ0v) is 14.4. The van der Waals surface area contributed by atoms with Gasteiger partial charge in [-0.15, -0.1) is 0 Å². The monoisotopic (exact) mass is 345 g/mol. The van der Waals surface area contributed by atoms with Crippen molar-refractivity contribution in [3.63, 3.8) is 0 Å². The van der Waals surface area contributed by atoms with Gasteiger partial charge >= 0.3 is 0 Å². The molecule has 0 heterocycles. The molecule has 24 heavy (non-hydrogen) atoms. The Hall–Kier alpha value is -2.37. The lowest BCUT2D eigenvalue weighted by molar-refractivity contribution is -0.117. The van der Waals surface area contributed by atoms with Crippen LogP contribution in [0, 0.1) is 0 Å². The van der Waals surface area contributed by atoms with Crippen LogP contribution in [-0.4, -0.2) is 37.4 Å². The van der Waals surface area contributed by atoms with Crippen LogP contribution in [0.4, 0.5) is 5.69 Å². The number of halogens is 1. The molecule has 0 spiro atoms. The normalized spacial score (nSPS) is 10.5. The molecule has 0 aliphatic heterocycles. The molecule has 6 heteroatoms. The second kappa shape index (κ2) is 8.47. The van der Waals surface area contributed by atoms with Gasteiger partial charge in [-0.05, 0) is 49.0 Å². The second-order valence-corrected chi connectivity index (χ2v) is 5.94. The number of carbonyl (C=O) groups is 2. The van der Waals surface area contributed by atoms with Gasteiger partial charge in [0.05, 0.1) is 6.54 Å². The zero-order chi connectivity index (χ0) is 17.5. The van der Waals surface area contributed by atoms with Crippen LogP contribution < -0.4 is 10.6 Å². The number of nitrogens with zero attached hydrogens (tertiary/aromatic N) is 1. The van der Waals surface area contributed by atoms with Crippen molar-refractivity contribution in [2.45, 2.75) is 6.54 Å². The number of carbonyl (C=O) groups excluding carboxylic acids is 2. The largest absolute Gasteiger partial charge is 0.355 e. The van der Waals surface area contributed by atoms with Crippen molar-refractivity contribution in [1.82, 2.24) is 10.2 Å². The van der Waals surface area contributed by atoms with Crippen molar-refractivity contribution in [3.05, 3.63) is 64.7 Å². The van der Waals surface area contributed by atoms with Crippen LogP contribution in [0.25, 0.3) is 0 Å². The van der Waals surface area contributed by atoms with E-state index in [1.165, 1.54) is 0 Å². The Morgan fingerprint density at radius 1 is 1.04 bits per heavy atom. The highest BCUT2D eigenvalue weighted by atomic mass is 35.5. The van der Waals surface area contributed by atoms with Crippen LogP contribution in [0.15, 0.2) is 48.5 Å². The van der Waals surface area contributed by atoms with Crippen LogP contribution in [0.2, 0.25) is 5.02 Å². The molecule has 0 fully saturated rings. The van der Waals surface area contributed by atoms with E-state index in [1.54, 1.807) is 43.4 Å². The lowest BCUT2D eigenvalue weighted by Gasteiger charge is -2.16. The van der Waals surface area contributed by atoms with E-state index in [9.17, 15) is 9.59 Å². The smallest absolute Gasteiger partial charge is 0.251 e. The van der Waals surface area contributed by atoms with E-state index in [0.717, 1.165) is 5.56 Å². The Labute approximate surface area is 146 Å². The minimum Gasteiger partial charge on any atom is -0.355 e. The van der Waals surface area contributed by atoms with Gasteiger partial charge in [-0.2, -0.15) is 0 Å². The standard InChI is InChI=1S/C18H20ClN3O2/c1-20-18(24)14-5-3-13(4-6-14)11-22(2)12-17(23)21-16-9-7-15(19)8-10-16/h3-10H,11-12H2,1-2H3,(H,20,24)(H,21,23). The summed E-state index contributed by atoms with van der Waals surface area (Å²) in [5.41, 5.74) is 2.36. The first-order valence-electron chi connectivity index (χ1n) is 7.53. The SMILES string of the molecule is CNC(=O)c1ccc(CN(C)CC(=O)Nc2ccc(Cl)cc2)cc1. The van der Waals surface area contributed by atoms with Gasteiger partial charge in [-0.1, -0.05) is 23.7 Å². The molecule has 2 aromatic carbocycles. The van der Waals surface area contributed by atoms with Gasteiger partial charge in [0.15, 0.2) is 0 Å². The molecule has 2 rings (SSSR count). The Morgan fingerprint density at radius 2 is 1.67 bits per heavy atom. The van der Waals surface area contributed by atoms with Gasteiger partial charge in [0.25, 0.3) is 5.91 Å². The Bertz CT molecular complexity index is 699. The maximum absolute atomic E-state index is 12.0. The average Bonchev–Trinajstić information content (AvgIpc) is 2.56. The number of benzene rings is 2. The average molecular weight is 346 g/mol. The molecule has 0 saturated heterocycles. The molecule has 5 nitrogen and oxygen atoms in total. The lowest BCUT2D eigenvalue weighted by atomic mass is 10.1. The number of anilines is 1. The van der Waals surface area contributed by atoms with Gasteiger partial charge in [0, 0.05) is 29.9 Å². The van der Waals surface area contributed by atoms with Crippen molar-refractivity contribution in [2.24, 2.45) is 0 Å². The number of rotatable bonds is 6. The van der Waals surface area contributed by atoms with E-state index in [4.69, 9.17) is 11.6 Å². The summed E-state index contributed by atoms with van der Waals surface area (Å²) in [7, 11) is 3.47. The fourth-order valence-corrected chi connectivity index (χ4v) is 2.38. The summed E-state index contributed by atoms with van der Waals surface area (Å²) >= 11 is 5.82. The first-order valence-corrected chi connectivity index (χ1v) is 7.90. The van der Waals surface area contributed by atoms with E-state index in [1.807, 2.05) is 24.1 Å². The minimum atomic E-state index is -0.114. The van der Waals surface area contributed by atoms with E-state index in [2.05, 4.69) is 10.6 Å². The fraction of sp³-hybridized carbons (Fsp3) is 0.222. The molecule has 2 N–H and O–H groups in total. The molecule has 2 aromatic rings. The highest BCUT2D eigenvalue weighted by molar-refractivity contribution is 6.30. The second-order valence-electron chi connectivity index (χ2n) is 5.50. The summed E-state index contributed by atoms with van der Waals surface area (Å²) in [6, 6.07) is 14.3. The third-order valence-electron chi connectivity index (χ3n) is 3.44. The molecule has 0 aliphatic carbocycles. The van der Waals surface area contributed by atoms with Crippen LogP contribution in [0.5, 0.6) is 0 Å². The Morgan fingerprint density at radius 3 is 2.25 bits per heavy atom. The molecular weight excluding hydrogens is 326 g/mol. The summed E-state index contributed by atoms with van der Waals surface area (Å²) in [5, 5.41) is 6.04. The van der Waals surface area contributed by atoms with Crippen molar-refractivity contribution in [3.8, 4) is 0 Å². The van der Waals surface area contributed by atoms with E-state index in [0.29, 0.717) is 22.8 Å². The number of nitrogens with one attached hydrogen (secondary N) is 2. The summed E-state index contributed by atoms with van der Waals surface area (Å²) in [5.74, 6) is -0.209. The van der Waals surface area contributed by atoms with Crippen LogP contribution in [-0.2, 0) is 11.3 Å². The third kappa shape index (κ3) is 5.37. The predicted octanol–water partition coefficient (Wildman–Crippen LogP) is 2.77. The zero-order valence-electron chi connectivity index (χ0n) is 13.7. The summed E-state index contributed by atoms with van der Waals surface area (Å²) in [6.07, 6.45) is 0. The maximum Gasteiger partial charge on any atom is 0.251 e. The van der Waals surface area contributed by atoms with Crippen LogP contribution in [0.3, 0.4) is 0 Å². The Balaban J connectivity index is 1.85. The minimum absolute atomic E-state index is 0.0956. The predicted molar refractivity (Wildman–Crippen MR) is 96.2 cm³/mol. The molecule has 0 saturated carbocycles. The van der Waals surface area contributed by atoms with Gasteiger partial charge in [0.2, 0.25) is 5.91 Å². The van der Waals surface area contributed by atoms with Crippen molar-refractivity contribution in [1.29, 1.82) is 0 Å². The highest BCUT2D eigenvalue weighted by Gasteiger charge is 2.08. The van der Waals surface area contributed by atoms with Gasteiger partial charge in [-0.25, -0.2) is 0 Å². The third-order valence-corrected chi connectivity index (χ3v) is 3.69.